The van der Waals surface area contributed by atoms with Gasteiger partial charge in [0.2, 0.25) is 0 Å². The van der Waals surface area contributed by atoms with E-state index in [1.54, 1.807) is 0 Å². The van der Waals surface area contributed by atoms with Crippen LogP contribution in [0.1, 0.15) is 10.4 Å². The molecule has 0 atom stereocenters. The van der Waals surface area contributed by atoms with Gasteiger partial charge in [-0.3, -0.25) is 4.79 Å². The van der Waals surface area contributed by atoms with E-state index in [-0.39, 0.29) is 0 Å². The van der Waals surface area contributed by atoms with E-state index in [9.17, 15) is 35.2 Å². The van der Waals surface area contributed by atoms with Gasteiger partial charge in [-0.1, -0.05) is 0 Å². The minimum Gasteiger partial charge on any atom is -0.346 e. The van der Waals surface area contributed by atoms with Crippen LogP contribution < -0.4 is 5.32 Å². The molecule has 0 aliphatic rings. The average molecular weight is 352 g/mol. The number of rotatable bonds is 5. The highest BCUT2D eigenvalue weighted by molar-refractivity contribution is 8.13. The fourth-order valence-corrected chi connectivity index (χ4v) is 2.13. The monoisotopic (exact) mass is 351 g/mol. The number of alkyl halides is 4. The highest BCUT2D eigenvalue weighted by atomic mass is 35.7. The highest BCUT2D eigenvalue weighted by Crippen LogP contribution is 2.23. The summed E-state index contributed by atoms with van der Waals surface area (Å²) < 4.78 is 84.2. The highest BCUT2D eigenvalue weighted by Gasteiger charge is 2.40. The van der Waals surface area contributed by atoms with Gasteiger partial charge in [-0.15, -0.1) is 0 Å². The molecule has 0 unspecified atom stereocenters. The third kappa shape index (κ3) is 4.53. The Balaban J connectivity index is 2.95. The van der Waals surface area contributed by atoms with Crippen LogP contribution in [0, 0.1) is 5.82 Å². The molecule has 21 heavy (non-hydrogen) atoms. The molecule has 1 N–H and O–H groups in total. The Morgan fingerprint density at radius 2 is 1.90 bits per heavy atom. The van der Waals surface area contributed by atoms with Crippen LogP contribution in [0.15, 0.2) is 23.1 Å². The van der Waals surface area contributed by atoms with Gasteiger partial charge in [0.05, 0.1) is 6.54 Å². The minimum absolute atomic E-state index is 0.507. The van der Waals surface area contributed by atoms with E-state index in [4.69, 9.17) is 10.7 Å². The van der Waals surface area contributed by atoms with Gasteiger partial charge < -0.3 is 5.32 Å². The van der Waals surface area contributed by atoms with Gasteiger partial charge in [0, 0.05) is 16.2 Å². The zero-order chi connectivity index (χ0) is 16.4. The molecular weight excluding hydrogens is 345 g/mol. The molecule has 0 fully saturated rings. The molecule has 0 aliphatic heterocycles. The molecular formula is C10H7ClF5NO3S. The Morgan fingerprint density at radius 1 is 1.33 bits per heavy atom. The molecule has 1 aromatic rings. The maximum Gasteiger partial charge on any atom is 0.324 e. The molecule has 1 rings (SSSR count). The predicted molar refractivity (Wildman–Crippen MR) is 62.7 cm³/mol. The summed E-state index contributed by atoms with van der Waals surface area (Å²) in [5.41, 5.74) is -0.527. The topological polar surface area (TPSA) is 63.2 Å². The molecule has 4 nitrogen and oxygen atoms in total. The lowest BCUT2D eigenvalue weighted by molar-refractivity contribution is -0.123. The molecule has 1 aromatic carbocycles. The molecule has 0 heterocycles. The number of carbonyl (C=O) groups is 1. The average Bonchev–Trinajstić information content (AvgIpc) is 2.35. The number of halogens is 6. The smallest absolute Gasteiger partial charge is 0.324 e. The van der Waals surface area contributed by atoms with Gasteiger partial charge in [0.1, 0.15) is 10.7 Å². The summed E-state index contributed by atoms with van der Waals surface area (Å²) >= 11 is 0. The Labute approximate surface area is 120 Å². The summed E-state index contributed by atoms with van der Waals surface area (Å²) in [4.78, 5) is 10.4. The number of hydrogen-bond donors (Lipinski definition) is 1. The number of amides is 1. The van der Waals surface area contributed by atoms with Crippen molar-refractivity contribution in [1.82, 2.24) is 5.32 Å². The zero-order valence-electron chi connectivity index (χ0n) is 9.92. The normalized spacial score (nSPS) is 12.5. The molecule has 118 valence electrons. The molecule has 0 aromatic heterocycles. The first-order chi connectivity index (χ1) is 9.45. The van der Waals surface area contributed by atoms with E-state index in [1.165, 1.54) is 5.32 Å². The quantitative estimate of drug-likeness (QED) is 0.654. The van der Waals surface area contributed by atoms with Crippen LogP contribution in [0.5, 0.6) is 0 Å². The third-order valence-electron chi connectivity index (χ3n) is 2.26. The van der Waals surface area contributed by atoms with Crippen LogP contribution in [-0.4, -0.2) is 33.2 Å². The van der Waals surface area contributed by atoms with E-state index in [0.717, 1.165) is 6.07 Å². The Morgan fingerprint density at radius 3 is 2.38 bits per heavy atom. The number of hydrogen-bond acceptors (Lipinski definition) is 3. The molecule has 11 heteroatoms. The van der Waals surface area contributed by atoms with Gasteiger partial charge in [-0.05, 0) is 18.2 Å². The van der Waals surface area contributed by atoms with Crippen LogP contribution in [0.3, 0.4) is 0 Å². The molecule has 0 saturated carbocycles. The summed E-state index contributed by atoms with van der Waals surface area (Å²) in [7, 11) is 0.416. The Kier molecular flexibility index (Phi) is 5.16. The Bertz CT molecular complexity index is 650. The predicted octanol–water partition coefficient (Wildman–Crippen LogP) is 2.38. The minimum atomic E-state index is -4.50. The lowest BCUT2D eigenvalue weighted by Crippen LogP contribution is -2.41. The van der Waals surface area contributed by atoms with Crippen LogP contribution in [0.4, 0.5) is 22.0 Å². The van der Waals surface area contributed by atoms with E-state index >= 15 is 0 Å². The summed E-state index contributed by atoms with van der Waals surface area (Å²) in [6, 6.07) is 1.87. The largest absolute Gasteiger partial charge is 0.346 e. The van der Waals surface area contributed by atoms with Crippen molar-refractivity contribution < 1.29 is 35.2 Å². The number of carbonyl (C=O) groups excluding carboxylic acids is 1. The van der Waals surface area contributed by atoms with Crippen molar-refractivity contribution in [1.29, 1.82) is 0 Å². The fraction of sp³-hybridized carbons (Fsp3) is 0.300. The van der Waals surface area contributed by atoms with E-state index in [2.05, 4.69) is 0 Å². The first-order valence-electron chi connectivity index (χ1n) is 5.13. The second-order valence-electron chi connectivity index (χ2n) is 3.83. The van der Waals surface area contributed by atoms with Crippen molar-refractivity contribution in [3.8, 4) is 0 Å². The van der Waals surface area contributed by atoms with Crippen molar-refractivity contribution >= 4 is 25.6 Å². The fourth-order valence-electron chi connectivity index (χ4n) is 1.21. The standard InChI is InChI=1S/C10H7ClF5NO3S/c11-21(19,20)7-3-5(1-2-6(7)12)8(18)17-4-10(15,16)9(13)14/h1-3,9H,4H2,(H,17,18). The second kappa shape index (κ2) is 6.14. The summed E-state index contributed by atoms with van der Waals surface area (Å²) in [5, 5.41) is 1.49. The van der Waals surface area contributed by atoms with Crippen LogP contribution in [-0.2, 0) is 9.05 Å². The molecule has 0 bridgehead atoms. The van der Waals surface area contributed by atoms with Crippen molar-refractivity contribution in [3.63, 3.8) is 0 Å². The van der Waals surface area contributed by atoms with E-state index in [1.807, 2.05) is 0 Å². The van der Waals surface area contributed by atoms with Crippen molar-refractivity contribution in [2.45, 2.75) is 17.2 Å². The Hall–Kier alpha value is -1.42. The van der Waals surface area contributed by atoms with Gasteiger partial charge >= 0.3 is 12.3 Å². The molecule has 0 aliphatic carbocycles. The van der Waals surface area contributed by atoms with Gasteiger partial charge in [0.15, 0.2) is 0 Å². The first-order valence-corrected chi connectivity index (χ1v) is 7.44. The van der Waals surface area contributed by atoms with E-state index < -0.39 is 50.1 Å². The van der Waals surface area contributed by atoms with E-state index in [0.29, 0.717) is 12.1 Å². The lowest BCUT2D eigenvalue weighted by Gasteiger charge is -2.15. The van der Waals surface area contributed by atoms with Crippen molar-refractivity contribution in [3.05, 3.63) is 29.6 Å². The van der Waals surface area contributed by atoms with Crippen LogP contribution in [0.25, 0.3) is 0 Å². The van der Waals surface area contributed by atoms with Crippen LogP contribution >= 0.6 is 10.7 Å². The maximum atomic E-state index is 13.2. The first kappa shape index (κ1) is 17.6. The number of benzene rings is 1. The molecule has 1 amide bonds. The van der Waals surface area contributed by atoms with Crippen LogP contribution in [0.2, 0.25) is 0 Å². The van der Waals surface area contributed by atoms with Gasteiger partial charge in [0.25, 0.3) is 15.0 Å². The zero-order valence-corrected chi connectivity index (χ0v) is 11.5. The molecule has 0 spiro atoms. The molecule has 0 radical (unpaired) electrons. The summed E-state index contributed by atoms with van der Waals surface area (Å²) in [6.07, 6.45) is -3.98. The lowest BCUT2D eigenvalue weighted by atomic mass is 10.2. The van der Waals surface area contributed by atoms with Crippen molar-refractivity contribution in [2.75, 3.05) is 6.54 Å². The second-order valence-corrected chi connectivity index (χ2v) is 6.36. The summed E-state index contributed by atoms with van der Waals surface area (Å²) in [6.45, 7) is -1.66. The third-order valence-corrected chi connectivity index (χ3v) is 3.60. The number of nitrogens with one attached hydrogen (secondary N) is 1. The van der Waals surface area contributed by atoms with Gasteiger partial charge in [-0.25, -0.2) is 21.6 Å². The summed E-state index contributed by atoms with van der Waals surface area (Å²) in [5.74, 6) is -6.98. The van der Waals surface area contributed by atoms with Gasteiger partial charge in [-0.2, -0.15) is 8.78 Å². The van der Waals surface area contributed by atoms with Crippen molar-refractivity contribution in [2.24, 2.45) is 0 Å². The SMILES string of the molecule is O=C(NCC(F)(F)C(F)F)c1ccc(F)c(S(=O)(=O)Cl)c1. The molecule has 0 saturated heterocycles. The maximum absolute atomic E-state index is 13.2.